The van der Waals surface area contributed by atoms with Gasteiger partial charge < -0.3 is 14.6 Å². The van der Waals surface area contributed by atoms with Crippen LogP contribution in [0.2, 0.25) is 0 Å². The first kappa shape index (κ1) is 13.9. The first-order valence-corrected chi connectivity index (χ1v) is 6.81. The first-order valence-electron chi connectivity index (χ1n) is 6.81. The van der Waals surface area contributed by atoms with E-state index < -0.39 is 5.60 Å². The minimum Gasteiger partial charge on any atom is -0.444 e. The van der Waals surface area contributed by atoms with E-state index in [1.54, 1.807) is 6.20 Å². The molecule has 0 radical (unpaired) electrons. The van der Waals surface area contributed by atoms with E-state index >= 15 is 0 Å². The van der Waals surface area contributed by atoms with E-state index in [0.717, 1.165) is 24.1 Å². The molecule has 2 unspecified atom stereocenters. The molecule has 1 aliphatic rings. The molecule has 1 heterocycles. The predicted molar refractivity (Wildman–Crippen MR) is 72.6 cm³/mol. The molecule has 0 saturated heterocycles. The quantitative estimate of drug-likeness (QED) is 0.910. The van der Waals surface area contributed by atoms with Crippen LogP contribution in [0.15, 0.2) is 12.5 Å². The average molecular weight is 265 g/mol. The number of rotatable bonds is 4. The number of imidazole rings is 1. The Morgan fingerprint density at radius 3 is 2.84 bits per heavy atom. The summed E-state index contributed by atoms with van der Waals surface area (Å²) in [6, 6.07) is 0. The summed E-state index contributed by atoms with van der Waals surface area (Å²) in [7, 11) is 0. The smallest absolute Gasteiger partial charge is 0.407 e. The molecule has 106 valence electrons. The minimum absolute atomic E-state index is 0.389. The highest BCUT2D eigenvalue weighted by atomic mass is 16.6. The molecule has 1 aromatic heterocycles. The van der Waals surface area contributed by atoms with Gasteiger partial charge in [-0.25, -0.2) is 9.78 Å². The van der Waals surface area contributed by atoms with Gasteiger partial charge in [0, 0.05) is 12.7 Å². The van der Waals surface area contributed by atoms with Crippen molar-refractivity contribution in [3.8, 4) is 0 Å². The van der Waals surface area contributed by atoms with E-state index in [1.807, 2.05) is 27.1 Å². The summed E-state index contributed by atoms with van der Waals surface area (Å²) in [6.45, 7) is 9.27. The lowest BCUT2D eigenvalue weighted by atomic mass is 10.2. The Morgan fingerprint density at radius 2 is 2.26 bits per heavy atom. The molecule has 2 atom stereocenters. The van der Waals surface area contributed by atoms with Crippen molar-refractivity contribution in [2.75, 3.05) is 0 Å². The standard InChI is InChI=1S/C14H23N3O2/c1-10-5-11(10)8-17-9-15-6-12(17)7-16-13(18)19-14(2,3)4/h6,9-11H,5,7-8H2,1-4H3,(H,16,18). The summed E-state index contributed by atoms with van der Waals surface area (Å²) in [4.78, 5) is 15.7. The van der Waals surface area contributed by atoms with Gasteiger partial charge in [-0.1, -0.05) is 6.92 Å². The van der Waals surface area contributed by atoms with Crippen LogP contribution in [0.1, 0.15) is 39.8 Å². The van der Waals surface area contributed by atoms with Crippen LogP contribution in [0.25, 0.3) is 0 Å². The van der Waals surface area contributed by atoms with Gasteiger partial charge in [0.2, 0.25) is 0 Å². The molecular formula is C14H23N3O2. The molecule has 0 spiro atoms. The second kappa shape index (κ2) is 5.23. The third-order valence-electron chi connectivity index (χ3n) is 3.32. The normalized spacial score (nSPS) is 22.1. The lowest BCUT2D eigenvalue weighted by Gasteiger charge is -2.19. The molecule has 0 aromatic carbocycles. The highest BCUT2D eigenvalue weighted by Crippen LogP contribution is 2.39. The Labute approximate surface area is 114 Å². The zero-order chi connectivity index (χ0) is 14.0. The SMILES string of the molecule is CC1CC1Cn1cncc1CNC(=O)OC(C)(C)C. The van der Waals surface area contributed by atoms with Crippen LogP contribution in [0.5, 0.6) is 0 Å². The van der Waals surface area contributed by atoms with Gasteiger partial charge >= 0.3 is 6.09 Å². The van der Waals surface area contributed by atoms with Crippen molar-refractivity contribution in [3.05, 3.63) is 18.2 Å². The zero-order valence-corrected chi connectivity index (χ0v) is 12.1. The van der Waals surface area contributed by atoms with E-state index in [4.69, 9.17) is 4.74 Å². The molecule has 1 amide bonds. The predicted octanol–water partition coefficient (Wildman–Crippen LogP) is 2.56. The minimum atomic E-state index is -0.465. The third kappa shape index (κ3) is 4.26. The second-order valence-corrected chi connectivity index (χ2v) is 6.37. The summed E-state index contributed by atoms with van der Waals surface area (Å²) in [6.07, 6.45) is 4.53. The Bertz CT molecular complexity index is 448. The summed E-state index contributed by atoms with van der Waals surface area (Å²) in [5.41, 5.74) is 0.554. The van der Waals surface area contributed by atoms with Gasteiger partial charge in [0.25, 0.3) is 0 Å². The third-order valence-corrected chi connectivity index (χ3v) is 3.32. The lowest BCUT2D eigenvalue weighted by Crippen LogP contribution is -2.32. The van der Waals surface area contributed by atoms with Crippen LogP contribution >= 0.6 is 0 Å². The molecule has 1 fully saturated rings. The van der Waals surface area contributed by atoms with Crippen LogP contribution in [0, 0.1) is 11.8 Å². The molecule has 19 heavy (non-hydrogen) atoms. The summed E-state index contributed by atoms with van der Waals surface area (Å²) in [5, 5.41) is 2.76. The number of ether oxygens (including phenoxy) is 1. The molecule has 1 saturated carbocycles. The number of carbonyl (C=O) groups excluding carboxylic acids is 1. The van der Waals surface area contributed by atoms with Gasteiger partial charge in [0.1, 0.15) is 5.60 Å². The van der Waals surface area contributed by atoms with Crippen molar-refractivity contribution in [2.24, 2.45) is 11.8 Å². The van der Waals surface area contributed by atoms with Crippen molar-refractivity contribution in [2.45, 2.75) is 52.8 Å². The van der Waals surface area contributed by atoms with Gasteiger partial charge in [-0.05, 0) is 39.0 Å². The molecular weight excluding hydrogens is 242 g/mol. The Kier molecular flexibility index (Phi) is 3.83. The van der Waals surface area contributed by atoms with Crippen LogP contribution in [0.3, 0.4) is 0 Å². The molecule has 5 heteroatoms. The molecule has 0 bridgehead atoms. The molecule has 1 aliphatic carbocycles. The number of alkyl carbamates (subject to hydrolysis) is 1. The Balaban J connectivity index is 1.82. The fourth-order valence-corrected chi connectivity index (χ4v) is 2.04. The average Bonchev–Trinajstić information content (AvgIpc) is 2.79. The molecule has 0 aliphatic heterocycles. The van der Waals surface area contributed by atoms with Crippen molar-refractivity contribution in [3.63, 3.8) is 0 Å². The van der Waals surface area contributed by atoms with Crippen molar-refractivity contribution < 1.29 is 9.53 Å². The number of nitrogens with one attached hydrogen (secondary N) is 1. The lowest BCUT2D eigenvalue weighted by molar-refractivity contribution is 0.0522. The maximum atomic E-state index is 11.6. The Morgan fingerprint density at radius 1 is 1.58 bits per heavy atom. The molecule has 1 aromatic rings. The number of aromatic nitrogens is 2. The first-order chi connectivity index (χ1) is 8.85. The van der Waals surface area contributed by atoms with Gasteiger partial charge in [0.05, 0.1) is 18.6 Å². The van der Waals surface area contributed by atoms with E-state index in [2.05, 4.69) is 21.8 Å². The maximum Gasteiger partial charge on any atom is 0.407 e. The van der Waals surface area contributed by atoms with E-state index in [9.17, 15) is 4.79 Å². The Hall–Kier alpha value is -1.52. The highest BCUT2D eigenvalue weighted by molar-refractivity contribution is 5.67. The number of nitrogens with zero attached hydrogens (tertiary/aromatic N) is 2. The molecule has 2 rings (SSSR count). The summed E-state index contributed by atoms with van der Waals surface area (Å²) in [5.74, 6) is 1.57. The summed E-state index contributed by atoms with van der Waals surface area (Å²) >= 11 is 0. The van der Waals surface area contributed by atoms with Crippen molar-refractivity contribution >= 4 is 6.09 Å². The van der Waals surface area contributed by atoms with E-state index in [1.165, 1.54) is 6.42 Å². The van der Waals surface area contributed by atoms with Gasteiger partial charge in [-0.15, -0.1) is 0 Å². The number of amides is 1. The maximum absolute atomic E-state index is 11.6. The van der Waals surface area contributed by atoms with E-state index in [0.29, 0.717) is 6.54 Å². The van der Waals surface area contributed by atoms with Gasteiger partial charge in [-0.2, -0.15) is 0 Å². The zero-order valence-electron chi connectivity index (χ0n) is 12.1. The van der Waals surface area contributed by atoms with E-state index in [-0.39, 0.29) is 6.09 Å². The molecule has 5 nitrogen and oxygen atoms in total. The monoisotopic (exact) mass is 265 g/mol. The number of hydrogen-bond donors (Lipinski definition) is 1. The largest absolute Gasteiger partial charge is 0.444 e. The van der Waals surface area contributed by atoms with Crippen LogP contribution < -0.4 is 5.32 Å². The number of carbonyl (C=O) groups is 1. The second-order valence-electron chi connectivity index (χ2n) is 6.37. The fourth-order valence-electron chi connectivity index (χ4n) is 2.04. The van der Waals surface area contributed by atoms with Gasteiger partial charge in [0.15, 0.2) is 0 Å². The molecule has 1 N–H and O–H groups in total. The van der Waals surface area contributed by atoms with Crippen LogP contribution in [-0.4, -0.2) is 21.2 Å². The highest BCUT2D eigenvalue weighted by Gasteiger charge is 2.32. The van der Waals surface area contributed by atoms with Crippen molar-refractivity contribution in [1.29, 1.82) is 0 Å². The van der Waals surface area contributed by atoms with Crippen LogP contribution in [0.4, 0.5) is 4.79 Å². The van der Waals surface area contributed by atoms with Gasteiger partial charge in [-0.3, -0.25) is 0 Å². The van der Waals surface area contributed by atoms with Crippen molar-refractivity contribution in [1.82, 2.24) is 14.9 Å². The topological polar surface area (TPSA) is 56.2 Å². The number of hydrogen-bond acceptors (Lipinski definition) is 3. The van der Waals surface area contributed by atoms with Crippen LogP contribution in [-0.2, 0) is 17.8 Å². The fraction of sp³-hybridized carbons (Fsp3) is 0.714. The summed E-state index contributed by atoms with van der Waals surface area (Å²) < 4.78 is 7.32.